The molecule has 0 bridgehead atoms. The molecule has 0 aliphatic carbocycles. The number of anilines is 1. The van der Waals surface area contributed by atoms with E-state index in [0.717, 1.165) is 36.0 Å². The minimum atomic E-state index is 0.226. The summed E-state index contributed by atoms with van der Waals surface area (Å²) in [5.41, 5.74) is 0.843. The average Bonchev–Trinajstić information content (AvgIpc) is 2.97. The van der Waals surface area contributed by atoms with E-state index >= 15 is 0 Å². The third-order valence-corrected chi connectivity index (χ3v) is 4.09. The average molecular weight is 297 g/mol. The standard InChI is InChI=1S/C12H13ClN4OS/c13-7-11-15-12(16-18-11)9-1-2-10(14-8-9)17-3-5-19-6-4-17/h1-2,8H,3-7H2. The number of halogens is 1. The minimum absolute atomic E-state index is 0.226. The second kappa shape index (κ2) is 5.79. The third-order valence-electron chi connectivity index (χ3n) is 2.92. The second-order valence-corrected chi connectivity index (χ2v) is 5.64. The second-order valence-electron chi connectivity index (χ2n) is 4.15. The van der Waals surface area contributed by atoms with E-state index in [0.29, 0.717) is 11.7 Å². The van der Waals surface area contributed by atoms with Crippen LogP contribution in [0.4, 0.5) is 5.82 Å². The first-order valence-electron chi connectivity index (χ1n) is 6.04. The SMILES string of the molecule is ClCc1nc(-c2ccc(N3CCSCC3)nc2)no1. The lowest BCUT2D eigenvalue weighted by Crippen LogP contribution is -2.32. The van der Waals surface area contributed by atoms with Crippen molar-refractivity contribution in [3.63, 3.8) is 0 Å². The molecule has 0 amide bonds. The van der Waals surface area contributed by atoms with Crippen LogP contribution in [-0.4, -0.2) is 39.7 Å². The lowest BCUT2D eigenvalue weighted by molar-refractivity contribution is 0.391. The van der Waals surface area contributed by atoms with Crippen molar-refractivity contribution in [2.45, 2.75) is 5.88 Å². The molecule has 3 heterocycles. The maximum absolute atomic E-state index is 5.63. The van der Waals surface area contributed by atoms with E-state index in [9.17, 15) is 0 Å². The summed E-state index contributed by atoms with van der Waals surface area (Å²) >= 11 is 7.62. The molecular weight excluding hydrogens is 284 g/mol. The quantitative estimate of drug-likeness (QED) is 0.811. The minimum Gasteiger partial charge on any atom is -0.355 e. The van der Waals surface area contributed by atoms with Crippen LogP contribution in [0.1, 0.15) is 5.89 Å². The molecule has 0 radical (unpaired) electrons. The van der Waals surface area contributed by atoms with E-state index in [1.54, 1.807) is 6.20 Å². The van der Waals surface area contributed by atoms with Gasteiger partial charge in [-0.15, -0.1) is 11.6 Å². The summed E-state index contributed by atoms with van der Waals surface area (Å²) in [6, 6.07) is 3.97. The lowest BCUT2D eigenvalue weighted by atomic mass is 10.2. The van der Waals surface area contributed by atoms with Gasteiger partial charge >= 0.3 is 0 Å². The molecule has 0 saturated carbocycles. The Balaban J connectivity index is 1.78. The first-order valence-corrected chi connectivity index (χ1v) is 7.73. The molecule has 2 aromatic heterocycles. The van der Waals surface area contributed by atoms with Gasteiger partial charge in [-0.3, -0.25) is 0 Å². The van der Waals surface area contributed by atoms with Gasteiger partial charge in [0.15, 0.2) is 0 Å². The Morgan fingerprint density at radius 3 is 2.79 bits per heavy atom. The van der Waals surface area contributed by atoms with Crippen molar-refractivity contribution in [3.8, 4) is 11.4 Å². The largest absolute Gasteiger partial charge is 0.355 e. The van der Waals surface area contributed by atoms with Gasteiger partial charge in [-0.2, -0.15) is 16.7 Å². The van der Waals surface area contributed by atoms with Crippen LogP contribution in [-0.2, 0) is 5.88 Å². The summed E-state index contributed by atoms with van der Waals surface area (Å²) in [6.07, 6.45) is 1.78. The fraction of sp³-hybridized carbons (Fsp3) is 0.417. The molecule has 0 aromatic carbocycles. The van der Waals surface area contributed by atoms with Gasteiger partial charge in [0.05, 0.1) is 0 Å². The highest BCUT2D eigenvalue weighted by atomic mass is 35.5. The summed E-state index contributed by atoms with van der Waals surface area (Å²) < 4.78 is 4.98. The smallest absolute Gasteiger partial charge is 0.241 e. The van der Waals surface area contributed by atoms with Crippen LogP contribution >= 0.6 is 23.4 Å². The van der Waals surface area contributed by atoms with E-state index in [1.165, 1.54) is 0 Å². The van der Waals surface area contributed by atoms with Gasteiger partial charge in [0.25, 0.3) is 0 Å². The zero-order valence-electron chi connectivity index (χ0n) is 10.3. The van der Waals surface area contributed by atoms with Crippen LogP contribution in [0, 0.1) is 0 Å². The first-order chi connectivity index (χ1) is 9.36. The summed E-state index contributed by atoms with van der Waals surface area (Å²) in [6.45, 7) is 2.10. The zero-order valence-corrected chi connectivity index (χ0v) is 11.8. The Morgan fingerprint density at radius 2 is 2.16 bits per heavy atom. The zero-order chi connectivity index (χ0) is 13.1. The van der Waals surface area contributed by atoms with Crippen molar-refractivity contribution in [1.29, 1.82) is 0 Å². The number of pyridine rings is 1. The molecular formula is C12H13ClN4OS. The summed E-state index contributed by atoms with van der Waals surface area (Å²) in [4.78, 5) is 10.9. The number of alkyl halides is 1. The highest BCUT2D eigenvalue weighted by molar-refractivity contribution is 7.99. The van der Waals surface area contributed by atoms with Gasteiger partial charge in [-0.05, 0) is 12.1 Å². The van der Waals surface area contributed by atoms with Crippen LogP contribution in [0.3, 0.4) is 0 Å². The first kappa shape index (κ1) is 12.7. The molecule has 0 N–H and O–H groups in total. The molecule has 1 aliphatic heterocycles. The van der Waals surface area contributed by atoms with Gasteiger partial charge in [-0.1, -0.05) is 5.16 Å². The number of aromatic nitrogens is 3. The number of hydrogen-bond acceptors (Lipinski definition) is 6. The van der Waals surface area contributed by atoms with Crippen LogP contribution in [0.5, 0.6) is 0 Å². The Morgan fingerprint density at radius 1 is 1.32 bits per heavy atom. The van der Waals surface area contributed by atoms with Gasteiger partial charge in [0.2, 0.25) is 11.7 Å². The molecule has 100 valence electrons. The van der Waals surface area contributed by atoms with E-state index in [2.05, 4.69) is 20.0 Å². The molecule has 0 unspecified atom stereocenters. The van der Waals surface area contributed by atoms with E-state index < -0.39 is 0 Å². The predicted octanol–water partition coefficient (Wildman–Crippen LogP) is 2.42. The Labute approximate surface area is 120 Å². The molecule has 3 rings (SSSR count). The van der Waals surface area contributed by atoms with E-state index in [4.69, 9.17) is 16.1 Å². The fourth-order valence-corrected chi connectivity index (χ4v) is 2.94. The van der Waals surface area contributed by atoms with Crippen LogP contribution in [0.15, 0.2) is 22.9 Å². The third kappa shape index (κ3) is 2.84. The molecule has 19 heavy (non-hydrogen) atoms. The number of nitrogens with zero attached hydrogens (tertiary/aromatic N) is 4. The van der Waals surface area contributed by atoms with Crippen LogP contribution in [0.2, 0.25) is 0 Å². The van der Waals surface area contributed by atoms with Crippen molar-refractivity contribution in [2.75, 3.05) is 29.5 Å². The molecule has 1 aliphatic rings. The van der Waals surface area contributed by atoms with Crippen LogP contribution < -0.4 is 4.90 Å². The maximum atomic E-state index is 5.63. The van der Waals surface area contributed by atoms with Crippen molar-refractivity contribution < 1.29 is 4.52 Å². The normalized spacial score (nSPS) is 15.7. The topological polar surface area (TPSA) is 55.1 Å². The maximum Gasteiger partial charge on any atom is 0.241 e. The van der Waals surface area contributed by atoms with Crippen LogP contribution in [0.25, 0.3) is 11.4 Å². The number of rotatable bonds is 3. The van der Waals surface area contributed by atoms with E-state index in [1.807, 2.05) is 23.9 Å². The highest BCUT2D eigenvalue weighted by Gasteiger charge is 2.13. The van der Waals surface area contributed by atoms with Gasteiger partial charge < -0.3 is 9.42 Å². The molecule has 0 atom stereocenters. The van der Waals surface area contributed by atoms with Crippen molar-refractivity contribution >= 4 is 29.2 Å². The molecule has 1 fully saturated rings. The highest BCUT2D eigenvalue weighted by Crippen LogP contribution is 2.21. The monoisotopic (exact) mass is 296 g/mol. The van der Waals surface area contributed by atoms with Gasteiger partial charge in [0, 0.05) is 36.4 Å². The van der Waals surface area contributed by atoms with Crippen molar-refractivity contribution in [2.24, 2.45) is 0 Å². The molecule has 2 aromatic rings. The Bertz CT molecular complexity index is 539. The molecule has 1 saturated heterocycles. The molecule has 5 nitrogen and oxygen atoms in total. The summed E-state index contributed by atoms with van der Waals surface area (Å²) in [5.74, 6) is 4.51. The van der Waals surface area contributed by atoms with Gasteiger partial charge in [-0.25, -0.2) is 4.98 Å². The van der Waals surface area contributed by atoms with E-state index in [-0.39, 0.29) is 5.88 Å². The summed E-state index contributed by atoms with van der Waals surface area (Å²) in [5, 5.41) is 3.87. The lowest BCUT2D eigenvalue weighted by Gasteiger charge is -2.27. The van der Waals surface area contributed by atoms with Gasteiger partial charge in [0.1, 0.15) is 11.7 Å². The number of thioether (sulfide) groups is 1. The fourth-order valence-electron chi connectivity index (χ4n) is 1.92. The predicted molar refractivity (Wildman–Crippen MR) is 76.6 cm³/mol. The Hall–Kier alpha value is -1.27. The van der Waals surface area contributed by atoms with Crippen molar-refractivity contribution in [3.05, 3.63) is 24.2 Å². The Kier molecular flexibility index (Phi) is 3.89. The molecule has 0 spiro atoms. The van der Waals surface area contributed by atoms with Crippen molar-refractivity contribution in [1.82, 2.24) is 15.1 Å². The molecule has 7 heteroatoms. The summed E-state index contributed by atoms with van der Waals surface area (Å²) in [7, 11) is 0. The number of hydrogen-bond donors (Lipinski definition) is 0.